The highest BCUT2D eigenvalue weighted by molar-refractivity contribution is 6.00. The Labute approximate surface area is 99.8 Å². The first-order valence-electron chi connectivity index (χ1n) is 5.58. The van der Waals surface area contributed by atoms with Crippen molar-refractivity contribution in [2.75, 3.05) is 20.3 Å². The minimum absolute atomic E-state index is 0.00528. The zero-order valence-corrected chi connectivity index (χ0v) is 9.82. The van der Waals surface area contributed by atoms with Crippen molar-refractivity contribution in [1.29, 1.82) is 0 Å². The molecule has 0 fully saturated rings. The van der Waals surface area contributed by atoms with Crippen molar-refractivity contribution in [1.82, 2.24) is 4.98 Å². The molecule has 2 aromatic rings. The smallest absolute Gasteiger partial charge is 0.188 e. The van der Waals surface area contributed by atoms with Gasteiger partial charge < -0.3 is 15.5 Å². The van der Waals surface area contributed by atoms with Crippen LogP contribution < -0.4 is 5.73 Å². The highest BCUT2D eigenvalue weighted by atomic mass is 16.5. The molecule has 0 saturated heterocycles. The molecule has 0 spiro atoms. The summed E-state index contributed by atoms with van der Waals surface area (Å²) in [6.07, 6.45) is 2.75. The molecule has 0 amide bonds. The first-order valence-corrected chi connectivity index (χ1v) is 5.58. The molecule has 0 radical (unpaired) electrons. The van der Waals surface area contributed by atoms with Gasteiger partial charge in [0.25, 0.3) is 0 Å². The lowest BCUT2D eigenvalue weighted by Gasteiger charge is -2.01. The van der Waals surface area contributed by atoms with Gasteiger partial charge in [-0.2, -0.15) is 0 Å². The van der Waals surface area contributed by atoms with Crippen molar-refractivity contribution in [3.8, 4) is 0 Å². The van der Waals surface area contributed by atoms with Gasteiger partial charge in [-0.1, -0.05) is 0 Å². The van der Waals surface area contributed by atoms with Crippen molar-refractivity contribution in [3.05, 3.63) is 35.5 Å². The van der Waals surface area contributed by atoms with Crippen molar-refractivity contribution < 1.29 is 9.53 Å². The standard InChI is InChI=1S/C13H16N2O2/c1-17-8-13(16)9-2-3-12-11(6-9)10(4-5-14)7-15-12/h2-3,6-7,15H,4-5,8,14H2,1H3. The van der Waals surface area contributed by atoms with Gasteiger partial charge in [-0.05, 0) is 36.7 Å². The zero-order chi connectivity index (χ0) is 12.3. The predicted molar refractivity (Wildman–Crippen MR) is 67.3 cm³/mol. The second-order valence-electron chi connectivity index (χ2n) is 3.97. The van der Waals surface area contributed by atoms with Crippen LogP contribution in [0, 0.1) is 0 Å². The lowest BCUT2D eigenvalue weighted by atomic mass is 10.1. The van der Waals surface area contributed by atoms with Crippen molar-refractivity contribution in [2.45, 2.75) is 6.42 Å². The molecule has 2 rings (SSSR count). The van der Waals surface area contributed by atoms with E-state index in [4.69, 9.17) is 10.5 Å². The number of nitrogens with two attached hydrogens (primary N) is 1. The molecule has 0 bridgehead atoms. The number of H-pyrrole nitrogens is 1. The van der Waals surface area contributed by atoms with E-state index in [1.54, 1.807) is 0 Å². The fourth-order valence-electron chi connectivity index (χ4n) is 1.93. The molecule has 4 heteroatoms. The summed E-state index contributed by atoms with van der Waals surface area (Å²) >= 11 is 0. The highest BCUT2D eigenvalue weighted by Gasteiger charge is 2.09. The molecular formula is C13H16N2O2. The summed E-state index contributed by atoms with van der Waals surface area (Å²) in [7, 11) is 1.52. The second kappa shape index (κ2) is 5.12. The van der Waals surface area contributed by atoms with E-state index in [9.17, 15) is 4.79 Å². The minimum atomic E-state index is -0.00528. The molecule has 17 heavy (non-hydrogen) atoms. The Bertz CT molecular complexity index is 531. The number of carbonyl (C=O) groups is 1. The number of methoxy groups -OCH3 is 1. The molecule has 0 aliphatic heterocycles. The van der Waals surface area contributed by atoms with Crippen LogP contribution in [0.15, 0.2) is 24.4 Å². The van der Waals surface area contributed by atoms with Crippen LogP contribution in [-0.2, 0) is 11.2 Å². The first kappa shape index (κ1) is 11.8. The fourth-order valence-corrected chi connectivity index (χ4v) is 1.93. The SMILES string of the molecule is COCC(=O)c1ccc2[nH]cc(CCN)c2c1. The summed E-state index contributed by atoms with van der Waals surface area (Å²) in [4.78, 5) is 14.9. The predicted octanol–water partition coefficient (Wildman–Crippen LogP) is 1.50. The number of Topliss-reactive ketones (excluding diaryl/α,β-unsaturated/α-hetero) is 1. The van der Waals surface area contributed by atoms with E-state index in [2.05, 4.69) is 4.98 Å². The maximum atomic E-state index is 11.7. The van der Waals surface area contributed by atoms with Crippen LogP contribution in [-0.4, -0.2) is 31.0 Å². The molecule has 0 atom stereocenters. The average Bonchev–Trinajstić information content (AvgIpc) is 2.73. The molecule has 0 aliphatic rings. The van der Waals surface area contributed by atoms with Crippen molar-refractivity contribution in [3.63, 3.8) is 0 Å². The summed E-state index contributed by atoms with van der Waals surface area (Å²) in [5, 5.41) is 1.07. The molecule has 0 saturated carbocycles. The van der Waals surface area contributed by atoms with Crippen molar-refractivity contribution in [2.24, 2.45) is 5.73 Å². The number of ketones is 1. The summed E-state index contributed by atoms with van der Waals surface area (Å²) in [5.41, 5.74) is 8.41. The van der Waals surface area contributed by atoms with Crippen LogP contribution >= 0.6 is 0 Å². The molecule has 3 N–H and O–H groups in total. The van der Waals surface area contributed by atoms with Gasteiger partial charge in [0, 0.05) is 29.8 Å². The Morgan fingerprint density at radius 2 is 2.29 bits per heavy atom. The molecule has 0 aliphatic carbocycles. The van der Waals surface area contributed by atoms with E-state index in [1.807, 2.05) is 24.4 Å². The van der Waals surface area contributed by atoms with E-state index in [1.165, 1.54) is 7.11 Å². The number of benzene rings is 1. The number of hydrogen-bond acceptors (Lipinski definition) is 3. The molecule has 4 nitrogen and oxygen atoms in total. The van der Waals surface area contributed by atoms with E-state index in [-0.39, 0.29) is 12.4 Å². The van der Waals surface area contributed by atoms with Crippen LogP contribution in [0.25, 0.3) is 10.9 Å². The molecule has 1 aromatic carbocycles. The van der Waals surface area contributed by atoms with Gasteiger partial charge >= 0.3 is 0 Å². The van der Waals surface area contributed by atoms with Gasteiger partial charge in [0.15, 0.2) is 5.78 Å². The van der Waals surface area contributed by atoms with Gasteiger partial charge in [0.05, 0.1) is 0 Å². The number of aromatic nitrogens is 1. The number of fused-ring (bicyclic) bond motifs is 1. The Morgan fingerprint density at radius 1 is 1.47 bits per heavy atom. The number of aromatic amines is 1. The van der Waals surface area contributed by atoms with Crippen LogP contribution in [0.1, 0.15) is 15.9 Å². The number of carbonyl (C=O) groups excluding carboxylic acids is 1. The summed E-state index contributed by atoms with van der Waals surface area (Å²) < 4.78 is 4.85. The normalized spacial score (nSPS) is 10.9. The van der Waals surface area contributed by atoms with Crippen LogP contribution in [0.4, 0.5) is 0 Å². The lowest BCUT2D eigenvalue weighted by Crippen LogP contribution is -2.07. The number of hydrogen-bond donors (Lipinski definition) is 2. The van der Waals surface area contributed by atoms with Crippen LogP contribution in [0.3, 0.4) is 0 Å². The van der Waals surface area contributed by atoms with Gasteiger partial charge in [-0.15, -0.1) is 0 Å². The third-order valence-electron chi connectivity index (χ3n) is 2.78. The molecule has 90 valence electrons. The Hall–Kier alpha value is -1.65. The summed E-state index contributed by atoms with van der Waals surface area (Å²) in [5.74, 6) is -0.00528. The Kier molecular flexibility index (Phi) is 3.56. The fraction of sp³-hybridized carbons (Fsp3) is 0.308. The molecule has 1 heterocycles. The van der Waals surface area contributed by atoms with Crippen molar-refractivity contribution >= 4 is 16.7 Å². The highest BCUT2D eigenvalue weighted by Crippen LogP contribution is 2.20. The maximum absolute atomic E-state index is 11.7. The molecule has 1 aromatic heterocycles. The third kappa shape index (κ3) is 2.38. The molecule has 0 unspecified atom stereocenters. The minimum Gasteiger partial charge on any atom is -0.377 e. The van der Waals surface area contributed by atoms with E-state index < -0.39 is 0 Å². The first-order chi connectivity index (χ1) is 8.26. The van der Waals surface area contributed by atoms with Gasteiger partial charge in [-0.3, -0.25) is 4.79 Å². The topological polar surface area (TPSA) is 68.1 Å². The second-order valence-corrected chi connectivity index (χ2v) is 3.97. The van der Waals surface area contributed by atoms with Gasteiger partial charge in [0.2, 0.25) is 0 Å². The van der Waals surface area contributed by atoms with Crippen LogP contribution in [0.5, 0.6) is 0 Å². The van der Waals surface area contributed by atoms with Crippen LogP contribution in [0.2, 0.25) is 0 Å². The number of nitrogens with one attached hydrogen (secondary N) is 1. The van der Waals surface area contributed by atoms with E-state index in [0.717, 1.165) is 22.9 Å². The Balaban J connectivity index is 2.40. The number of ether oxygens (including phenoxy) is 1. The lowest BCUT2D eigenvalue weighted by molar-refractivity contribution is 0.0848. The Morgan fingerprint density at radius 3 is 3.00 bits per heavy atom. The van der Waals surface area contributed by atoms with E-state index in [0.29, 0.717) is 12.1 Å². The number of rotatable bonds is 5. The van der Waals surface area contributed by atoms with Gasteiger partial charge in [-0.25, -0.2) is 0 Å². The van der Waals surface area contributed by atoms with E-state index >= 15 is 0 Å². The zero-order valence-electron chi connectivity index (χ0n) is 9.82. The monoisotopic (exact) mass is 232 g/mol. The molecular weight excluding hydrogens is 216 g/mol. The average molecular weight is 232 g/mol. The maximum Gasteiger partial charge on any atom is 0.188 e. The third-order valence-corrected chi connectivity index (χ3v) is 2.78. The largest absolute Gasteiger partial charge is 0.377 e. The van der Waals surface area contributed by atoms with Gasteiger partial charge in [0.1, 0.15) is 6.61 Å². The quantitative estimate of drug-likeness (QED) is 0.767. The summed E-state index contributed by atoms with van der Waals surface area (Å²) in [6.45, 7) is 0.714. The summed E-state index contributed by atoms with van der Waals surface area (Å²) in [6, 6.07) is 5.63.